The van der Waals surface area contributed by atoms with E-state index in [1.54, 1.807) is 14.2 Å². The Kier molecular flexibility index (Phi) is 9.15. The Balaban J connectivity index is 1.55. The summed E-state index contributed by atoms with van der Waals surface area (Å²) in [6.07, 6.45) is 1.80. The second-order valence-corrected chi connectivity index (χ2v) is 8.60. The number of ether oxygens (including phenoxy) is 4. The maximum absolute atomic E-state index is 6.86. The van der Waals surface area contributed by atoms with Gasteiger partial charge in [0.15, 0.2) is 0 Å². The van der Waals surface area contributed by atoms with Crippen molar-refractivity contribution in [1.29, 1.82) is 0 Å². The lowest BCUT2D eigenvalue weighted by Crippen LogP contribution is -2.33. The van der Waals surface area contributed by atoms with E-state index in [9.17, 15) is 0 Å². The predicted octanol–water partition coefficient (Wildman–Crippen LogP) is 7.01. The summed E-state index contributed by atoms with van der Waals surface area (Å²) in [5, 5.41) is 0. The van der Waals surface area contributed by atoms with E-state index >= 15 is 0 Å². The van der Waals surface area contributed by atoms with Crippen LogP contribution in [0.4, 0.5) is 0 Å². The Hall–Kier alpha value is -3.60. The first-order chi connectivity index (χ1) is 17.8. The molecule has 0 spiro atoms. The number of unbranched alkanes of at least 4 members (excludes halogenated alkanes) is 1. The van der Waals surface area contributed by atoms with Crippen molar-refractivity contribution in [2.24, 2.45) is 0 Å². The van der Waals surface area contributed by atoms with Crippen molar-refractivity contribution in [1.82, 2.24) is 0 Å². The van der Waals surface area contributed by atoms with Crippen LogP contribution in [-0.2, 0) is 21.7 Å². The topological polar surface area (TPSA) is 36.9 Å². The van der Waals surface area contributed by atoms with Crippen molar-refractivity contribution < 1.29 is 18.9 Å². The van der Waals surface area contributed by atoms with E-state index in [1.165, 1.54) is 5.56 Å². The molecule has 36 heavy (non-hydrogen) atoms. The van der Waals surface area contributed by atoms with Crippen molar-refractivity contribution in [2.75, 3.05) is 27.4 Å². The monoisotopic (exact) mass is 482 g/mol. The molecule has 4 heteroatoms. The zero-order valence-electron chi connectivity index (χ0n) is 21.1. The molecule has 0 saturated carbocycles. The number of hydrogen-bond donors (Lipinski definition) is 0. The average Bonchev–Trinajstić information content (AvgIpc) is 2.96. The molecule has 0 radical (unpaired) electrons. The van der Waals surface area contributed by atoms with Crippen LogP contribution in [0.2, 0.25) is 0 Å². The van der Waals surface area contributed by atoms with Crippen LogP contribution in [0, 0.1) is 0 Å². The Morgan fingerprint density at radius 1 is 0.528 bits per heavy atom. The predicted molar refractivity (Wildman–Crippen MR) is 144 cm³/mol. The molecular weight excluding hydrogens is 448 g/mol. The molecule has 0 aliphatic heterocycles. The van der Waals surface area contributed by atoms with Gasteiger partial charge in [-0.3, -0.25) is 0 Å². The molecule has 0 aromatic heterocycles. The van der Waals surface area contributed by atoms with Gasteiger partial charge in [0.2, 0.25) is 0 Å². The van der Waals surface area contributed by atoms with Crippen molar-refractivity contribution in [2.45, 2.75) is 25.0 Å². The second kappa shape index (κ2) is 12.9. The molecule has 186 valence electrons. The van der Waals surface area contributed by atoms with E-state index in [0.717, 1.165) is 41.0 Å². The maximum Gasteiger partial charge on any atom is 0.143 e. The number of rotatable bonds is 13. The lowest BCUT2D eigenvalue weighted by atomic mass is 9.80. The van der Waals surface area contributed by atoms with Crippen LogP contribution < -0.4 is 9.47 Å². The molecule has 4 aromatic carbocycles. The molecule has 0 amide bonds. The van der Waals surface area contributed by atoms with Gasteiger partial charge in [-0.1, -0.05) is 84.9 Å². The maximum atomic E-state index is 6.86. The van der Waals surface area contributed by atoms with Gasteiger partial charge < -0.3 is 18.9 Å². The molecule has 0 bridgehead atoms. The highest BCUT2D eigenvalue weighted by Gasteiger charge is 2.37. The first-order valence-corrected chi connectivity index (χ1v) is 12.4. The SMILES string of the molecule is COc1ccc(C(OCCCCOCc2ccccc2)(c2ccccc2)c2ccc(OC)cc2)cc1. The summed E-state index contributed by atoms with van der Waals surface area (Å²) >= 11 is 0. The second-order valence-electron chi connectivity index (χ2n) is 8.60. The summed E-state index contributed by atoms with van der Waals surface area (Å²) < 4.78 is 23.6. The van der Waals surface area contributed by atoms with Gasteiger partial charge in [-0.05, 0) is 59.4 Å². The fraction of sp³-hybridized carbons (Fsp3) is 0.250. The molecule has 4 aromatic rings. The van der Waals surface area contributed by atoms with Gasteiger partial charge in [-0.15, -0.1) is 0 Å². The molecular formula is C32H34O4. The molecule has 0 unspecified atom stereocenters. The smallest absolute Gasteiger partial charge is 0.143 e. The van der Waals surface area contributed by atoms with E-state index in [0.29, 0.717) is 19.8 Å². The molecule has 4 nitrogen and oxygen atoms in total. The van der Waals surface area contributed by atoms with E-state index in [-0.39, 0.29) is 0 Å². The standard InChI is InChI=1S/C32H34O4/c1-33-30-19-15-28(16-20-30)32(27-13-7-4-8-14-27,29-17-21-31(34-2)22-18-29)36-24-10-9-23-35-25-26-11-5-3-6-12-26/h3-8,11-22H,9-10,23-25H2,1-2H3. The number of methoxy groups -OCH3 is 2. The molecule has 0 saturated heterocycles. The van der Waals surface area contributed by atoms with Crippen molar-refractivity contribution >= 4 is 0 Å². The van der Waals surface area contributed by atoms with Gasteiger partial charge in [-0.25, -0.2) is 0 Å². The summed E-state index contributed by atoms with van der Waals surface area (Å²) in [5.74, 6) is 1.62. The van der Waals surface area contributed by atoms with E-state index in [1.807, 2.05) is 48.5 Å². The first-order valence-electron chi connectivity index (χ1n) is 12.4. The molecule has 0 fully saturated rings. The zero-order chi connectivity index (χ0) is 25.1. The minimum absolute atomic E-state index is 0.585. The normalized spacial score (nSPS) is 11.3. The summed E-state index contributed by atoms with van der Waals surface area (Å²) in [6.45, 7) is 1.91. The zero-order valence-corrected chi connectivity index (χ0v) is 21.1. The van der Waals surface area contributed by atoms with E-state index < -0.39 is 5.60 Å². The van der Waals surface area contributed by atoms with Crippen molar-refractivity contribution in [3.8, 4) is 11.5 Å². The molecule has 4 rings (SSSR count). The highest BCUT2D eigenvalue weighted by atomic mass is 16.5. The summed E-state index contributed by atoms with van der Waals surface area (Å²) in [4.78, 5) is 0. The third-order valence-electron chi connectivity index (χ3n) is 6.29. The minimum Gasteiger partial charge on any atom is -0.497 e. The third kappa shape index (κ3) is 6.14. The summed E-state index contributed by atoms with van der Waals surface area (Å²) in [5.41, 5.74) is 3.57. The van der Waals surface area contributed by atoms with Gasteiger partial charge in [-0.2, -0.15) is 0 Å². The Morgan fingerprint density at radius 2 is 1.00 bits per heavy atom. The summed E-state index contributed by atoms with van der Waals surface area (Å²) in [7, 11) is 3.36. The number of benzene rings is 4. The fourth-order valence-corrected chi connectivity index (χ4v) is 4.37. The quantitative estimate of drug-likeness (QED) is 0.152. The van der Waals surface area contributed by atoms with Crippen LogP contribution in [0.25, 0.3) is 0 Å². The van der Waals surface area contributed by atoms with Crippen LogP contribution in [-0.4, -0.2) is 27.4 Å². The molecule has 0 atom stereocenters. The Labute approximate surface area is 214 Å². The summed E-state index contributed by atoms with van der Waals surface area (Å²) in [6, 6.07) is 36.9. The highest BCUT2D eigenvalue weighted by molar-refractivity contribution is 5.49. The third-order valence-corrected chi connectivity index (χ3v) is 6.29. The Bertz CT molecular complexity index is 1110. The van der Waals surface area contributed by atoms with Gasteiger partial charge in [0.05, 0.1) is 20.8 Å². The lowest BCUT2D eigenvalue weighted by molar-refractivity contribution is 0.00690. The largest absolute Gasteiger partial charge is 0.497 e. The molecule has 0 heterocycles. The van der Waals surface area contributed by atoms with Crippen LogP contribution in [0.15, 0.2) is 109 Å². The van der Waals surface area contributed by atoms with Crippen LogP contribution in [0.3, 0.4) is 0 Å². The first kappa shape index (κ1) is 25.5. The average molecular weight is 483 g/mol. The fourth-order valence-electron chi connectivity index (χ4n) is 4.37. The minimum atomic E-state index is -0.773. The van der Waals surface area contributed by atoms with Gasteiger partial charge in [0.25, 0.3) is 0 Å². The van der Waals surface area contributed by atoms with Crippen LogP contribution >= 0.6 is 0 Å². The van der Waals surface area contributed by atoms with E-state index in [4.69, 9.17) is 18.9 Å². The Morgan fingerprint density at radius 3 is 1.53 bits per heavy atom. The molecule has 0 aliphatic rings. The lowest BCUT2D eigenvalue weighted by Gasteiger charge is -2.36. The molecule has 0 N–H and O–H groups in total. The van der Waals surface area contributed by atoms with Crippen molar-refractivity contribution in [3.63, 3.8) is 0 Å². The highest BCUT2D eigenvalue weighted by Crippen LogP contribution is 2.41. The van der Waals surface area contributed by atoms with Crippen LogP contribution in [0.1, 0.15) is 35.1 Å². The van der Waals surface area contributed by atoms with E-state index in [2.05, 4.69) is 60.7 Å². The van der Waals surface area contributed by atoms with Gasteiger partial charge in [0.1, 0.15) is 17.1 Å². The van der Waals surface area contributed by atoms with Gasteiger partial charge >= 0.3 is 0 Å². The van der Waals surface area contributed by atoms with Crippen LogP contribution in [0.5, 0.6) is 11.5 Å². The number of hydrogen-bond acceptors (Lipinski definition) is 4. The van der Waals surface area contributed by atoms with Crippen molar-refractivity contribution in [3.05, 3.63) is 131 Å². The molecule has 0 aliphatic carbocycles. The van der Waals surface area contributed by atoms with Gasteiger partial charge in [0, 0.05) is 13.2 Å².